The predicted octanol–water partition coefficient (Wildman–Crippen LogP) is 5.18. The van der Waals surface area contributed by atoms with Gasteiger partial charge in [-0.25, -0.2) is 18.2 Å². The van der Waals surface area contributed by atoms with Crippen LogP contribution in [0.25, 0.3) is 0 Å². The molecule has 0 aliphatic carbocycles. The quantitative estimate of drug-likeness (QED) is 0.524. The minimum Gasteiger partial charge on any atom is -0.354 e. The Kier molecular flexibility index (Phi) is 6.06. The summed E-state index contributed by atoms with van der Waals surface area (Å²) in [5, 5.41) is 0. The van der Waals surface area contributed by atoms with Gasteiger partial charge in [0.15, 0.2) is 0 Å². The molecular weight excluding hydrogens is 354 g/mol. The molecule has 1 aliphatic rings. The predicted molar refractivity (Wildman–Crippen MR) is 81.8 cm³/mol. The number of likely N-dealkylation sites (tertiary alicyclic amines) is 1. The zero-order valence-corrected chi connectivity index (χ0v) is 13.7. The summed E-state index contributed by atoms with van der Waals surface area (Å²) in [6.07, 6.45) is -5.80. The van der Waals surface area contributed by atoms with Gasteiger partial charge in [-0.2, -0.15) is 13.2 Å². The Bertz CT molecular complexity index is 615. The van der Waals surface area contributed by atoms with Crippen LogP contribution in [0.15, 0.2) is 22.0 Å². The normalized spacial score (nSPS) is 17.3. The lowest BCUT2D eigenvalue weighted by Crippen LogP contribution is -2.29. The number of rotatable bonds is 5. The van der Waals surface area contributed by atoms with Crippen LogP contribution in [0.3, 0.4) is 0 Å². The van der Waals surface area contributed by atoms with Crippen LogP contribution in [0.5, 0.6) is 0 Å². The minimum absolute atomic E-state index is 0.124. The molecule has 1 saturated heterocycles. The third-order valence-corrected chi connectivity index (χ3v) is 4.66. The molecule has 1 fully saturated rings. The summed E-state index contributed by atoms with van der Waals surface area (Å²) in [5.41, 5.74) is 0.253. The van der Waals surface area contributed by atoms with Crippen LogP contribution in [-0.4, -0.2) is 42.2 Å². The Morgan fingerprint density at radius 1 is 1.29 bits per heavy atom. The van der Waals surface area contributed by atoms with Crippen molar-refractivity contribution in [1.82, 2.24) is 4.90 Å². The van der Waals surface area contributed by atoms with Crippen molar-refractivity contribution < 1.29 is 26.3 Å². The highest BCUT2D eigenvalue weighted by atomic mass is 32.2. The molecule has 0 unspecified atom stereocenters. The number of aliphatic imine (C=N–C) groups is 1. The third-order valence-electron chi connectivity index (χ3n) is 3.44. The fraction of sp³-hybridized carbons (Fsp3) is 0.533. The van der Waals surface area contributed by atoms with E-state index >= 15 is 0 Å². The summed E-state index contributed by atoms with van der Waals surface area (Å²) >= 11 is 0.552. The van der Waals surface area contributed by atoms with E-state index in [9.17, 15) is 26.3 Å². The van der Waals surface area contributed by atoms with E-state index in [2.05, 4.69) is 4.99 Å². The first-order valence-corrected chi connectivity index (χ1v) is 8.24. The monoisotopic (exact) mass is 370 g/mol. The zero-order chi connectivity index (χ0) is 17.9. The highest BCUT2D eigenvalue weighted by Gasteiger charge is 2.28. The van der Waals surface area contributed by atoms with Crippen molar-refractivity contribution in [1.29, 1.82) is 0 Å². The summed E-state index contributed by atoms with van der Waals surface area (Å²) in [6.45, 7) is 1.44. The van der Waals surface area contributed by atoms with Crippen LogP contribution in [0.1, 0.15) is 18.4 Å². The molecule has 0 radical (unpaired) electrons. The van der Waals surface area contributed by atoms with Gasteiger partial charge in [-0.1, -0.05) is 0 Å². The number of halogens is 6. The average molecular weight is 370 g/mol. The lowest BCUT2D eigenvalue weighted by Gasteiger charge is -2.18. The molecule has 0 atom stereocenters. The molecule has 1 aliphatic heterocycles. The molecule has 0 aromatic heterocycles. The van der Waals surface area contributed by atoms with Crippen molar-refractivity contribution in [2.45, 2.75) is 37.3 Å². The molecule has 2 rings (SSSR count). The summed E-state index contributed by atoms with van der Waals surface area (Å²) in [7, 11) is 0. The van der Waals surface area contributed by atoms with E-state index in [1.807, 2.05) is 0 Å². The van der Waals surface area contributed by atoms with E-state index in [1.54, 1.807) is 0 Å². The van der Waals surface area contributed by atoms with Crippen molar-refractivity contribution in [2.24, 2.45) is 4.99 Å². The van der Waals surface area contributed by atoms with Crippen molar-refractivity contribution in [3.63, 3.8) is 0 Å². The van der Waals surface area contributed by atoms with E-state index in [1.165, 1.54) is 17.9 Å². The highest BCUT2D eigenvalue weighted by molar-refractivity contribution is 7.99. The largest absolute Gasteiger partial charge is 0.398 e. The first-order valence-electron chi connectivity index (χ1n) is 7.26. The summed E-state index contributed by atoms with van der Waals surface area (Å²) < 4.78 is 76.2. The molecule has 0 saturated carbocycles. The number of alkyl halides is 5. The zero-order valence-electron chi connectivity index (χ0n) is 12.8. The smallest absolute Gasteiger partial charge is 0.354 e. The van der Waals surface area contributed by atoms with Gasteiger partial charge in [0, 0.05) is 17.9 Å². The van der Waals surface area contributed by atoms with Crippen LogP contribution in [0, 0.1) is 12.7 Å². The van der Waals surface area contributed by atoms with Crippen LogP contribution in [0.2, 0.25) is 0 Å². The SMILES string of the molecule is Cc1cc(F)c(N=C2CCCN2CC(F)F)cc1SCC(F)(F)F. The number of hydrogen-bond acceptors (Lipinski definition) is 2. The maximum Gasteiger partial charge on any atom is 0.398 e. The number of hydrogen-bond donors (Lipinski definition) is 0. The number of nitrogens with zero attached hydrogens (tertiary/aromatic N) is 2. The van der Waals surface area contributed by atoms with Gasteiger partial charge in [-0.15, -0.1) is 11.8 Å². The Labute approximate surface area is 139 Å². The number of aryl methyl sites for hydroxylation is 1. The fourth-order valence-electron chi connectivity index (χ4n) is 2.39. The second-order valence-corrected chi connectivity index (χ2v) is 6.46. The van der Waals surface area contributed by atoms with Crippen LogP contribution in [0.4, 0.5) is 32.0 Å². The maximum atomic E-state index is 14.0. The first-order chi connectivity index (χ1) is 11.2. The second kappa shape index (κ2) is 7.67. The van der Waals surface area contributed by atoms with Gasteiger partial charge in [0.1, 0.15) is 17.3 Å². The van der Waals surface area contributed by atoms with Crippen LogP contribution < -0.4 is 0 Å². The summed E-state index contributed by atoms with van der Waals surface area (Å²) in [5.74, 6) is -1.43. The Hall–Kier alpha value is -1.38. The molecule has 1 heterocycles. The van der Waals surface area contributed by atoms with Crippen LogP contribution in [-0.2, 0) is 0 Å². The van der Waals surface area contributed by atoms with Crippen molar-refractivity contribution in [3.05, 3.63) is 23.5 Å². The maximum absolute atomic E-state index is 14.0. The van der Waals surface area contributed by atoms with Gasteiger partial charge >= 0.3 is 6.18 Å². The molecule has 0 spiro atoms. The van der Waals surface area contributed by atoms with Gasteiger partial charge in [-0.3, -0.25) is 0 Å². The Morgan fingerprint density at radius 2 is 2.00 bits per heavy atom. The van der Waals surface area contributed by atoms with Gasteiger partial charge in [-0.05, 0) is 31.0 Å². The summed E-state index contributed by atoms with van der Waals surface area (Å²) in [6, 6.07) is 2.36. The van der Waals surface area contributed by atoms with Gasteiger partial charge in [0.05, 0.1) is 12.3 Å². The lowest BCUT2D eigenvalue weighted by atomic mass is 10.2. The van der Waals surface area contributed by atoms with Gasteiger partial charge in [0.25, 0.3) is 6.43 Å². The van der Waals surface area contributed by atoms with E-state index < -0.39 is 30.7 Å². The van der Waals surface area contributed by atoms with Crippen LogP contribution >= 0.6 is 11.8 Å². The number of benzene rings is 1. The molecule has 134 valence electrons. The van der Waals surface area contributed by atoms with Gasteiger partial charge < -0.3 is 4.90 Å². The summed E-state index contributed by atoms with van der Waals surface area (Å²) in [4.78, 5) is 5.73. The van der Waals surface area contributed by atoms with Crippen molar-refractivity contribution >= 4 is 23.3 Å². The molecule has 0 N–H and O–H groups in total. The van der Waals surface area contributed by atoms with Gasteiger partial charge in [0.2, 0.25) is 0 Å². The first kappa shape index (κ1) is 19.0. The minimum atomic E-state index is -4.34. The molecule has 0 bridgehead atoms. The highest BCUT2D eigenvalue weighted by Crippen LogP contribution is 2.34. The van der Waals surface area contributed by atoms with E-state index in [4.69, 9.17) is 0 Å². The number of thioether (sulfide) groups is 1. The molecule has 24 heavy (non-hydrogen) atoms. The Balaban J connectivity index is 2.24. The third kappa shape index (κ3) is 5.32. The van der Waals surface area contributed by atoms with E-state index in [-0.39, 0.29) is 10.6 Å². The Morgan fingerprint density at radius 3 is 2.62 bits per heavy atom. The molecular formula is C15H16F6N2S. The molecule has 9 heteroatoms. The van der Waals surface area contributed by atoms with E-state index in [0.29, 0.717) is 42.5 Å². The molecule has 2 nitrogen and oxygen atoms in total. The number of amidine groups is 1. The van der Waals surface area contributed by atoms with Crippen molar-refractivity contribution in [3.8, 4) is 0 Å². The van der Waals surface area contributed by atoms with Crippen molar-refractivity contribution in [2.75, 3.05) is 18.8 Å². The second-order valence-electron chi connectivity index (χ2n) is 5.44. The van der Waals surface area contributed by atoms with E-state index in [0.717, 1.165) is 6.07 Å². The lowest BCUT2D eigenvalue weighted by molar-refractivity contribution is -0.105. The molecule has 1 aromatic carbocycles. The molecule has 1 aromatic rings. The fourth-order valence-corrected chi connectivity index (χ4v) is 3.19. The average Bonchev–Trinajstić information content (AvgIpc) is 2.86. The molecule has 0 amide bonds. The standard InChI is InChI=1S/C15H16F6N2S/c1-9-5-10(16)11(6-12(9)24-8-15(19,20)21)22-14-3-2-4-23(14)7-13(17)18/h5-6,13H,2-4,7-8H2,1H3. The topological polar surface area (TPSA) is 15.6 Å².